The van der Waals surface area contributed by atoms with Gasteiger partial charge in [-0.05, 0) is 36.1 Å². The lowest BCUT2D eigenvalue weighted by molar-refractivity contribution is 1.31. The molecule has 0 spiro atoms. The molecule has 0 unspecified atom stereocenters. The minimum absolute atomic E-state index is 0.748. The summed E-state index contributed by atoms with van der Waals surface area (Å²) in [6, 6.07) is 9.84. The second-order valence-corrected chi connectivity index (χ2v) is 5.12. The molecule has 3 nitrogen and oxygen atoms in total. The number of benzene rings is 1. The van der Waals surface area contributed by atoms with Crippen molar-refractivity contribution in [3.63, 3.8) is 0 Å². The number of hydrogen-bond donors (Lipinski definition) is 2. The summed E-state index contributed by atoms with van der Waals surface area (Å²) in [4.78, 5) is 9.00. The number of imidazole rings is 1. The summed E-state index contributed by atoms with van der Waals surface area (Å²) in [5.41, 5.74) is 9.86. The highest BCUT2D eigenvalue weighted by Crippen LogP contribution is 2.29. The second kappa shape index (κ2) is 4.31. The predicted octanol–water partition coefficient (Wildman–Crippen LogP) is 3.70. The van der Waals surface area contributed by atoms with Crippen molar-refractivity contribution >= 4 is 17.0 Å². The van der Waals surface area contributed by atoms with Crippen molar-refractivity contribution in [2.75, 3.05) is 5.73 Å². The molecule has 3 aromatic rings. The predicted molar refractivity (Wildman–Crippen MR) is 76.5 cm³/mol. The minimum Gasteiger partial charge on any atom is -0.399 e. The number of nitrogens with one attached hydrogen (secondary N) is 1. The van der Waals surface area contributed by atoms with Gasteiger partial charge in [0.25, 0.3) is 0 Å². The highest BCUT2D eigenvalue weighted by Gasteiger charge is 2.08. The van der Waals surface area contributed by atoms with Crippen LogP contribution in [0.5, 0.6) is 0 Å². The van der Waals surface area contributed by atoms with E-state index in [-0.39, 0.29) is 0 Å². The van der Waals surface area contributed by atoms with Crippen LogP contribution >= 0.6 is 11.3 Å². The lowest BCUT2D eigenvalue weighted by atomic mass is 10.2. The van der Waals surface area contributed by atoms with E-state index in [0.717, 1.165) is 22.8 Å². The summed E-state index contributed by atoms with van der Waals surface area (Å²) in [6.07, 6.45) is 1.87. The first-order valence-corrected chi connectivity index (χ1v) is 6.57. The zero-order valence-corrected chi connectivity index (χ0v) is 10.8. The number of aryl methyl sites for hydroxylation is 1. The molecule has 0 amide bonds. The van der Waals surface area contributed by atoms with E-state index < -0.39 is 0 Å². The highest BCUT2D eigenvalue weighted by atomic mass is 32.1. The van der Waals surface area contributed by atoms with Gasteiger partial charge in [-0.25, -0.2) is 4.98 Å². The number of aromatic nitrogens is 2. The molecule has 3 rings (SSSR count). The average Bonchev–Trinajstić information content (AvgIpc) is 2.97. The van der Waals surface area contributed by atoms with E-state index in [2.05, 4.69) is 28.3 Å². The van der Waals surface area contributed by atoms with E-state index in [1.165, 1.54) is 10.4 Å². The molecule has 0 aliphatic carbocycles. The van der Waals surface area contributed by atoms with Gasteiger partial charge < -0.3 is 10.7 Å². The van der Waals surface area contributed by atoms with Crippen LogP contribution in [-0.2, 0) is 0 Å². The monoisotopic (exact) mass is 255 g/mol. The number of rotatable bonds is 2. The number of nitrogens with two attached hydrogens (primary N) is 1. The van der Waals surface area contributed by atoms with Gasteiger partial charge >= 0.3 is 0 Å². The summed E-state index contributed by atoms with van der Waals surface area (Å²) in [5.74, 6) is 0.852. The third-order valence-electron chi connectivity index (χ3n) is 2.84. The zero-order valence-electron chi connectivity index (χ0n) is 9.97. The van der Waals surface area contributed by atoms with Crippen LogP contribution in [0.15, 0.2) is 41.9 Å². The van der Waals surface area contributed by atoms with Gasteiger partial charge in [-0.15, -0.1) is 11.3 Å². The summed E-state index contributed by atoms with van der Waals surface area (Å²) >= 11 is 1.72. The summed E-state index contributed by atoms with van der Waals surface area (Å²) < 4.78 is 0. The Morgan fingerprint density at radius 2 is 2.17 bits per heavy atom. The topological polar surface area (TPSA) is 54.7 Å². The van der Waals surface area contributed by atoms with Gasteiger partial charge in [-0.2, -0.15) is 0 Å². The van der Waals surface area contributed by atoms with Crippen LogP contribution in [0.25, 0.3) is 22.0 Å². The Morgan fingerprint density at radius 3 is 2.89 bits per heavy atom. The van der Waals surface area contributed by atoms with E-state index in [1.54, 1.807) is 11.3 Å². The number of anilines is 1. The molecule has 0 atom stereocenters. The van der Waals surface area contributed by atoms with E-state index in [4.69, 9.17) is 5.73 Å². The standard InChI is InChI=1S/C14H13N3S/c1-9-5-6-18-13(9)12-8-16-14(17-12)10-3-2-4-11(15)7-10/h2-8H,15H2,1H3,(H,16,17). The van der Waals surface area contributed by atoms with E-state index in [0.29, 0.717) is 0 Å². The quantitative estimate of drug-likeness (QED) is 0.686. The Balaban J connectivity index is 2.02. The molecule has 4 heteroatoms. The van der Waals surface area contributed by atoms with Crippen molar-refractivity contribution in [1.82, 2.24) is 9.97 Å². The average molecular weight is 255 g/mol. The molecular formula is C14H13N3S. The van der Waals surface area contributed by atoms with Gasteiger partial charge in [0.2, 0.25) is 0 Å². The third-order valence-corrected chi connectivity index (χ3v) is 3.89. The fourth-order valence-corrected chi connectivity index (χ4v) is 2.81. The molecule has 0 saturated carbocycles. The van der Waals surface area contributed by atoms with Crippen LogP contribution in [0.3, 0.4) is 0 Å². The lowest BCUT2D eigenvalue weighted by Gasteiger charge is -1.98. The van der Waals surface area contributed by atoms with E-state index >= 15 is 0 Å². The van der Waals surface area contributed by atoms with Crippen LogP contribution in [-0.4, -0.2) is 9.97 Å². The van der Waals surface area contributed by atoms with Crippen LogP contribution in [0.4, 0.5) is 5.69 Å². The van der Waals surface area contributed by atoms with Crippen LogP contribution < -0.4 is 5.73 Å². The molecule has 0 saturated heterocycles. The highest BCUT2D eigenvalue weighted by molar-refractivity contribution is 7.13. The van der Waals surface area contributed by atoms with Crippen molar-refractivity contribution < 1.29 is 0 Å². The molecule has 2 aromatic heterocycles. The first-order valence-electron chi connectivity index (χ1n) is 5.69. The first kappa shape index (κ1) is 11.0. The Labute approximate surface area is 109 Å². The number of hydrogen-bond acceptors (Lipinski definition) is 3. The molecular weight excluding hydrogens is 242 g/mol. The van der Waals surface area contributed by atoms with Gasteiger partial charge in [-0.1, -0.05) is 12.1 Å². The molecule has 0 bridgehead atoms. The number of H-pyrrole nitrogens is 1. The van der Waals surface area contributed by atoms with Gasteiger partial charge in [0.15, 0.2) is 0 Å². The second-order valence-electron chi connectivity index (χ2n) is 4.20. The van der Waals surface area contributed by atoms with Crippen molar-refractivity contribution in [1.29, 1.82) is 0 Å². The largest absolute Gasteiger partial charge is 0.399 e. The Hall–Kier alpha value is -2.07. The van der Waals surface area contributed by atoms with E-state index in [1.807, 2.05) is 30.5 Å². The van der Waals surface area contributed by atoms with Gasteiger partial charge in [0.1, 0.15) is 5.82 Å². The summed E-state index contributed by atoms with van der Waals surface area (Å²) in [7, 11) is 0. The van der Waals surface area contributed by atoms with Crippen molar-refractivity contribution in [2.24, 2.45) is 0 Å². The van der Waals surface area contributed by atoms with Gasteiger partial charge in [0.05, 0.1) is 16.8 Å². The minimum atomic E-state index is 0.748. The van der Waals surface area contributed by atoms with Crippen LogP contribution in [0, 0.1) is 6.92 Å². The lowest BCUT2D eigenvalue weighted by Crippen LogP contribution is -1.86. The molecule has 0 aliphatic heterocycles. The maximum atomic E-state index is 5.78. The smallest absolute Gasteiger partial charge is 0.137 e. The molecule has 1 aromatic carbocycles. The molecule has 3 N–H and O–H groups in total. The van der Waals surface area contributed by atoms with Crippen LogP contribution in [0.1, 0.15) is 5.56 Å². The van der Waals surface area contributed by atoms with E-state index in [9.17, 15) is 0 Å². The summed E-state index contributed by atoms with van der Waals surface area (Å²) in [5, 5.41) is 2.09. The fraction of sp³-hybridized carbons (Fsp3) is 0.0714. The number of nitrogens with zero attached hydrogens (tertiary/aromatic N) is 1. The Bertz CT molecular complexity index is 682. The fourth-order valence-electron chi connectivity index (χ4n) is 1.92. The van der Waals surface area contributed by atoms with Crippen molar-refractivity contribution in [3.05, 3.63) is 47.5 Å². The third kappa shape index (κ3) is 1.91. The zero-order chi connectivity index (χ0) is 12.5. The first-order chi connectivity index (χ1) is 8.74. The Morgan fingerprint density at radius 1 is 1.28 bits per heavy atom. The number of aromatic amines is 1. The molecule has 0 fully saturated rings. The Kier molecular flexibility index (Phi) is 2.64. The maximum absolute atomic E-state index is 5.78. The molecule has 0 aliphatic rings. The normalized spacial score (nSPS) is 10.7. The number of nitrogen functional groups attached to an aromatic ring is 1. The summed E-state index contributed by atoms with van der Waals surface area (Å²) in [6.45, 7) is 2.10. The SMILES string of the molecule is Cc1ccsc1-c1cnc(-c2cccc(N)c2)[nH]1. The van der Waals surface area contributed by atoms with Gasteiger partial charge in [-0.3, -0.25) is 0 Å². The molecule has 90 valence electrons. The van der Waals surface area contributed by atoms with Crippen molar-refractivity contribution in [3.8, 4) is 22.0 Å². The molecule has 2 heterocycles. The molecule has 0 radical (unpaired) electrons. The molecule has 18 heavy (non-hydrogen) atoms. The maximum Gasteiger partial charge on any atom is 0.137 e. The van der Waals surface area contributed by atoms with Gasteiger partial charge in [0, 0.05) is 11.3 Å². The van der Waals surface area contributed by atoms with Crippen molar-refractivity contribution in [2.45, 2.75) is 6.92 Å². The van der Waals surface area contributed by atoms with Crippen LogP contribution in [0.2, 0.25) is 0 Å². The number of thiophene rings is 1.